The van der Waals surface area contributed by atoms with E-state index in [4.69, 9.17) is 0 Å². The van der Waals surface area contributed by atoms with Crippen molar-refractivity contribution in [1.29, 1.82) is 0 Å². The maximum absolute atomic E-state index is 12.7. The number of hydrogen-bond acceptors (Lipinski definition) is 2. The van der Waals surface area contributed by atoms with Crippen LogP contribution in [-0.2, 0) is 17.5 Å². The van der Waals surface area contributed by atoms with Gasteiger partial charge < -0.3 is 9.47 Å². The number of imidazole rings is 1. The third-order valence-corrected chi connectivity index (χ3v) is 3.97. The zero-order chi connectivity index (χ0) is 18.2. The first-order valence-electron chi connectivity index (χ1n) is 7.58. The smallest absolute Gasteiger partial charge is 0.347 e. The molecule has 0 radical (unpaired) electrons. The van der Waals surface area contributed by atoms with Gasteiger partial charge in [-0.1, -0.05) is 18.2 Å². The molecule has 0 fully saturated rings. The van der Waals surface area contributed by atoms with E-state index in [2.05, 4.69) is 4.98 Å². The van der Waals surface area contributed by atoms with Crippen LogP contribution in [0.3, 0.4) is 0 Å². The van der Waals surface area contributed by atoms with Crippen molar-refractivity contribution in [2.75, 3.05) is 14.1 Å². The SMILES string of the molecule is CN(C)C(=O)Cn1cnc2cc(-c3ccc(C(F)(F)F)cc3)ccc21. The predicted molar refractivity (Wildman–Crippen MR) is 88.9 cm³/mol. The van der Waals surface area contributed by atoms with Crippen LogP contribution in [0.4, 0.5) is 13.2 Å². The molecule has 0 N–H and O–H groups in total. The Labute approximate surface area is 142 Å². The van der Waals surface area contributed by atoms with Gasteiger partial charge in [-0.2, -0.15) is 13.2 Å². The zero-order valence-corrected chi connectivity index (χ0v) is 13.7. The van der Waals surface area contributed by atoms with Gasteiger partial charge in [0.25, 0.3) is 0 Å². The highest BCUT2D eigenvalue weighted by Crippen LogP contribution is 2.31. The van der Waals surface area contributed by atoms with E-state index in [1.165, 1.54) is 17.0 Å². The Bertz CT molecular complexity index is 911. The maximum Gasteiger partial charge on any atom is 0.416 e. The summed E-state index contributed by atoms with van der Waals surface area (Å²) >= 11 is 0. The van der Waals surface area contributed by atoms with Crippen molar-refractivity contribution in [3.05, 3.63) is 54.4 Å². The molecule has 0 unspecified atom stereocenters. The lowest BCUT2D eigenvalue weighted by Gasteiger charge is -2.11. The number of fused-ring (bicyclic) bond motifs is 1. The Kier molecular flexibility index (Phi) is 4.24. The average Bonchev–Trinajstić information content (AvgIpc) is 2.96. The average molecular weight is 347 g/mol. The Morgan fingerprint density at radius 2 is 1.72 bits per heavy atom. The number of aromatic nitrogens is 2. The van der Waals surface area contributed by atoms with E-state index in [0.717, 1.165) is 23.2 Å². The van der Waals surface area contributed by atoms with Gasteiger partial charge in [0.1, 0.15) is 6.54 Å². The van der Waals surface area contributed by atoms with Crippen LogP contribution in [0, 0.1) is 0 Å². The number of nitrogens with zero attached hydrogens (tertiary/aromatic N) is 3. The van der Waals surface area contributed by atoms with Crippen LogP contribution >= 0.6 is 0 Å². The summed E-state index contributed by atoms with van der Waals surface area (Å²) in [7, 11) is 3.37. The minimum absolute atomic E-state index is 0.0499. The summed E-state index contributed by atoms with van der Waals surface area (Å²) in [5.74, 6) is -0.0499. The highest BCUT2D eigenvalue weighted by atomic mass is 19.4. The van der Waals surface area contributed by atoms with Crippen molar-refractivity contribution >= 4 is 16.9 Å². The topological polar surface area (TPSA) is 38.1 Å². The van der Waals surface area contributed by atoms with E-state index >= 15 is 0 Å². The van der Waals surface area contributed by atoms with Crippen molar-refractivity contribution in [3.63, 3.8) is 0 Å². The molecule has 7 heteroatoms. The van der Waals surface area contributed by atoms with Gasteiger partial charge >= 0.3 is 6.18 Å². The number of halogens is 3. The van der Waals surface area contributed by atoms with Crippen LogP contribution in [0.2, 0.25) is 0 Å². The molecule has 0 atom stereocenters. The summed E-state index contributed by atoms with van der Waals surface area (Å²) in [5, 5.41) is 0. The highest BCUT2D eigenvalue weighted by Gasteiger charge is 2.29. The minimum Gasteiger partial charge on any atom is -0.347 e. The van der Waals surface area contributed by atoms with Gasteiger partial charge in [0, 0.05) is 14.1 Å². The van der Waals surface area contributed by atoms with Gasteiger partial charge in [0.05, 0.1) is 22.9 Å². The molecule has 25 heavy (non-hydrogen) atoms. The lowest BCUT2D eigenvalue weighted by Crippen LogP contribution is -2.25. The number of carbonyl (C=O) groups is 1. The Morgan fingerprint density at radius 1 is 1.08 bits per heavy atom. The van der Waals surface area contributed by atoms with E-state index in [1.54, 1.807) is 31.1 Å². The van der Waals surface area contributed by atoms with E-state index in [0.29, 0.717) is 11.1 Å². The molecule has 0 spiro atoms. The summed E-state index contributed by atoms with van der Waals surface area (Å²) in [6.45, 7) is 0.184. The predicted octanol–water partition coefficient (Wildman–Crippen LogP) is 3.81. The molecule has 130 valence electrons. The van der Waals surface area contributed by atoms with Crippen LogP contribution in [0.25, 0.3) is 22.2 Å². The van der Waals surface area contributed by atoms with Crippen LogP contribution in [0.15, 0.2) is 48.8 Å². The molecule has 3 aromatic rings. The summed E-state index contributed by atoms with van der Waals surface area (Å²) in [5.41, 5.74) is 2.25. The fourth-order valence-electron chi connectivity index (χ4n) is 2.51. The van der Waals surface area contributed by atoms with Crippen molar-refractivity contribution in [2.24, 2.45) is 0 Å². The van der Waals surface area contributed by atoms with Gasteiger partial charge in [-0.25, -0.2) is 4.98 Å². The molecule has 1 amide bonds. The third-order valence-electron chi connectivity index (χ3n) is 3.97. The quantitative estimate of drug-likeness (QED) is 0.723. The van der Waals surface area contributed by atoms with Crippen molar-refractivity contribution in [3.8, 4) is 11.1 Å². The molecule has 4 nitrogen and oxygen atoms in total. The third kappa shape index (κ3) is 3.50. The number of rotatable bonds is 3. The largest absolute Gasteiger partial charge is 0.416 e. The molecule has 3 rings (SSSR count). The molecule has 1 aromatic heterocycles. The van der Waals surface area contributed by atoms with E-state index < -0.39 is 11.7 Å². The maximum atomic E-state index is 12.7. The molecule has 0 aliphatic rings. The first-order chi connectivity index (χ1) is 11.8. The lowest BCUT2D eigenvalue weighted by molar-refractivity contribution is -0.137. The molecule has 1 heterocycles. The molecular formula is C18H16F3N3O. The normalized spacial score (nSPS) is 11.7. The number of alkyl halides is 3. The Hall–Kier alpha value is -2.83. The highest BCUT2D eigenvalue weighted by molar-refractivity contribution is 5.84. The standard InChI is InChI=1S/C18H16F3N3O/c1-23(2)17(25)10-24-11-22-15-9-13(5-8-16(15)24)12-3-6-14(7-4-12)18(19,20)21/h3-9,11H,10H2,1-2H3. The number of hydrogen-bond donors (Lipinski definition) is 0. The number of benzene rings is 2. The molecule has 0 saturated carbocycles. The van der Waals surface area contributed by atoms with Gasteiger partial charge in [-0.15, -0.1) is 0 Å². The second kappa shape index (κ2) is 6.23. The fourth-order valence-corrected chi connectivity index (χ4v) is 2.51. The number of likely N-dealkylation sites (N-methyl/N-ethyl adjacent to an activating group) is 1. The van der Waals surface area contributed by atoms with Crippen molar-refractivity contribution in [2.45, 2.75) is 12.7 Å². The summed E-state index contributed by atoms with van der Waals surface area (Å²) in [6.07, 6.45) is -2.76. The van der Waals surface area contributed by atoms with Gasteiger partial charge in [0.15, 0.2) is 0 Å². The van der Waals surface area contributed by atoms with Crippen LogP contribution in [0.5, 0.6) is 0 Å². The Balaban J connectivity index is 1.91. The second-order valence-electron chi connectivity index (χ2n) is 5.94. The van der Waals surface area contributed by atoms with Gasteiger partial charge in [-0.3, -0.25) is 4.79 Å². The Morgan fingerprint density at radius 3 is 2.32 bits per heavy atom. The summed E-state index contributed by atoms with van der Waals surface area (Å²) < 4.78 is 39.7. The first kappa shape index (κ1) is 17.0. The number of amides is 1. The number of carbonyl (C=O) groups excluding carboxylic acids is 1. The molecule has 0 aliphatic carbocycles. The van der Waals surface area contributed by atoms with Crippen LogP contribution in [0.1, 0.15) is 5.56 Å². The van der Waals surface area contributed by atoms with E-state index in [-0.39, 0.29) is 12.5 Å². The van der Waals surface area contributed by atoms with Gasteiger partial charge in [-0.05, 0) is 35.4 Å². The summed E-state index contributed by atoms with van der Waals surface area (Å²) in [6, 6.07) is 10.4. The molecule has 0 saturated heterocycles. The first-order valence-corrected chi connectivity index (χ1v) is 7.58. The van der Waals surface area contributed by atoms with Gasteiger partial charge in [0.2, 0.25) is 5.91 Å². The van der Waals surface area contributed by atoms with Crippen LogP contribution in [-0.4, -0.2) is 34.5 Å². The zero-order valence-electron chi connectivity index (χ0n) is 13.7. The molecular weight excluding hydrogens is 331 g/mol. The molecule has 2 aromatic carbocycles. The fraction of sp³-hybridized carbons (Fsp3) is 0.222. The van der Waals surface area contributed by atoms with E-state index in [1.807, 2.05) is 12.1 Å². The van der Waals surface area contributed by atoms with E-state index in [9.17, 15) is 18.0 Å². The molecule has 0 aliphatic heterocycles. The van der Waals surface area contributed by atoms with Crippen LogP contribution < -0.4 is 0 Å². The summed E-state index contributed by atoms with van der Waals surface area (Å²) in [4.78, 5) is 17.6. The van der Waals surface area contributed by atoms with Crippen molar-refractivity contribution < 1.29 is 18.0 Å². The molecule has 0 bridgehead atoms. The monoisotopic (exact) mass is 347 g/mol. The second-order valence-corrected chi connectivity index (χ2v) is 5.94. The lowest BCUT2D eigenvalue weighted by atomic mass is 10.0. The van der Waals surface area contributed by atoms with Crippen molar-refractivity contribution in [1.82, 2.24) is 14.5 Å². The minimum atomic E-state index is -4.35.